The number of benzene rings is 1. The fourth-order valence-electron chi connectivity index (χ4n) is 3.69. The number of pyridine rings is 1. The summed E-state index contributed by atoms with van der Waals surface area (Å²) in [6.45, 7) is 0. The Labute approximate surface area is 159 Å². The maximum atomic E-state index is 12.3. The lowest BCUT2D eigenvalue weighted by Gasteiger charge is -2.21. The van der Waals surface area contributed by atoms with E-state index in [4.69, 9.17) is 0 Å². The van der Waals surface area contributed by atoms with E-state index in [0.29, 0.717) is 11.7 Å². The summed E-state index contributed by atoms with van der Waals surface area (Å²) in [5.74, 6) is 1.12. The van der Waals surface area contributed by atoms with Crippen LogP contribution in [0, 0.1) is 0 Å². The number of carbonyl (C=O) groups is 1. The minimum absolute atomic E-state index is 0.105. The molecule has 0 radical (unpaired) electrons. The SMILES string of the molecule is O=C(Cc1ccn(-c2ccccc2)n1)Nc1ccc(C2CCCCC2)cn1. The summed E-state index contributed by atoms with van der Waals surface area (Å²) in [6.07, 6.45) is 10.5. The number of anilines is 1. The molecule has 0 saturated heterocycles. The number of carbonyl (C=O) groups excluding carboxylic acids is 1. The highest BCUT2D eigenvalue weighted by Crippen LogP contribution is 2.32. The molecule has 0 unspecified atom stereocenters. The third kappa shape index (κ3) is 4.42. The number of hydrogen-bond acceptors (Lipinski definition) is 3. The molecule has 3 aromatic rings. The number of amides is 1. The molecule has 0 atom stereocenters. The molecule has 1 fully saturated rings. The topological polar surface area (TPSA) is 59.8 Å². The molecule has 2 aromatic heterocycles. The number of rotatable bonds is 5. The smallest absolute Gasteiger partial charge is 0.231 e. The van der Waals surface area contributed by atoms with Crippen LogP contribution in [0.25, 0.3) is 5.69 Å². The molecule has 4 rings (SSSR count). The predicted octanol–water partition coefficient (Wildman–Crippen LogP) is 4.50. The van der Waals surface area contributed by atoms with Crippen LogP contribution in [0.4, 0.5) is 5.82 Å². The quantitative estimate of drug-likeness (QED) is 0.729. The zero-order chi connectivity index (χ0) is 18.5. The van der Waals surface area contributed by atoms with Crippen molar-refractivity contribution in [2.24, 2.45) is 0 Å². The van der Waals surface area contributed by atoms with E-state index in [1.165, 1.54) is 37.7 Å². The van der Waals surface area contributed by atoms with Gasteiger partial charge in [-0.25, -0.2) is 9.67 Å². The van der Waals surface area contributed by atoms with Gasteiger partial charge in [0.15, 0.2) is 0 Å². The van der Waals surface area contributed by atoms with Gasteiger partial charge in [0.25, 0.3) is 0 Å². The van der Waals surface area contributed by atoms with E-state index >= 15 is 0 Å². The first-order valence-corrected chi connectivity index (χ1v) is 9.64. The van der Waals surface area contributed by atoms with Gasteiger partial charge in [-0.2, -0.15) is 5.10 Å². The highest BCUT2D eigenvalue weighted by atomic mass is 16.1. The van der Waals surface area contributed by atoms with E-state index in [-0.39, 0.29) is 12.3 Å². The highest BCUT2D eigenvalue weighted by molar-refractivity contribution is 5.91. The van der Waals surface area contributed by atoms with E-state index in [2.05, 4.69) is 21.5 Å². The Morgan fingerprint density at radius 1 is 1.04 bits per heavy atom. The first kappa shape index (κ1) is 17.5. The summed E-state index contributed by atoms with van der Waals surface area (Å²) in [6, 6.07) is 15.7. The van der Waals surface area contributed by atoms with Gasteiger partial charge in [0.2, 0.25) is 5.91 Å². The van der Waals surface area contributed by atoms with Gasteiger partial charge in [0.1, 0.15) is 5.82 Å². The summed E-state index contributed by atoms with van der Waals surface area (Å²) < 4.78 is 1.78. The van der Waals surface area contributed by atoms with Crippen LogP contribution in [0.2, 0.25) is 0 Å². The Balaban J connectivity index is 1.35. The van der Waals surface area contributed by atoms with Gasteiger partial charge in [0.05, 0.1) is 17.8 Å². The third-order valence-corrected chi connectivity index (χ3v) is 5.14. The van der Waals surface area contributed by atoms with Crippen molar-refractivity contribution in [1.82, 2.24) is 14.8 Å². The molecule has 5 heteroatoms. The Hall–Kier alpha value is -2.95. The van der Waals surface area contributed by atoms with Crippen molar-refractivity contribution in [1.29, 1.82) is 0 Å². The first-order valence-electron chi connectivity index (χ1n) is 9.64. The van der Waals surface area contributed by atoms with Crippen LogP contribution in [-0.4, -0.2) is 20.7 Å². The van der Waals surface area contributed by atoms with Crippen LogP contribution < -0.4 is 5.32 Å². The summed E-state index contributed by atoms with van der Waals surface area (Å²) in [5.41, 5.74) is 2.99. The monoisotopic (exact) mass is 360 g/mol. The van der Waals surface area contributed by atoms with Gasteiger partial charge in [0, 0.05) is 12.4 Å². The van der Waals surface area contributed by atoms with E-state index in [9.17, 15) is 4.79 Å². The fraction of sp³-hybridized carbons (Fsp3) is 0.318. The highest BCUT2D eigenvalue weighted by Gasteiger charge is 2.16. The molecule has 1 aliphatic rings. The maximum Gasteiger partial charge on any atom is 0.231 e. The zero-order valence-electron chi connectivity index (χ0n) is 15.3. The Kier molecular flexibility index (Phi) is 5.28. The van der Waals surface area contributed by atoms with E-state index in [0.717, 1.165) is 11.4 Å². The number of aromatic nitrogens is 3. The molecule has 1 N–H and O–H groups in total. The lowest BCUT2D eigenvalue weighted by Crippen LogP contribution is -2.16. The average Bonchev–Trinajstić information content (AvgIpc) is 3.18. The van der Waals surface area contributed by atoms with Crippen molar-refractivity contribution in [3.8, 4) is 5.69 Å². The van der Waals surface area contributed by atoms with Crippen LogP contribution in [0.15, 0.2) is 60.9 Å². The van der Waals surface area contributed by atoms with Crippen molar-refractivity contribution < 1.29 is 4.79 Å². The molecule has 1 saturated carbocycles. The number of para-hydroxylation sites is 1. The summed E-state index contributed by atoms with van der Waals surface area (Å²) in [7, 11) is 0. The molecule has 0 spiro atoms. The van der Waals surface area contributed by atoms with E-state index in [1.54, 1.807) is 4.68 Å². The standard InChI is InChI=1S/C22H24N4O/c27-22(15-19-13-14-26(25-19)20-9-5-2-6-10-20)24-21-12-11-18(16-23-21)17-7-3-1-4-8-17/h2,5-6,9-14,16-17H,1,3-4,7-8,15H2,(H,23,24,27). The van der Waals surface area contributed by atoms with Gasteiger partial charge in [-0.1, -0.05) is 43.5 Å². The third-order valence-electron chi connectivity index (χ3n) is 5.14. The molecule has 138 valence electrons. The molecule has 27 heavy (non-hydrogen) atoms. The van der Waals surface area contributed by atoms with Crippen molar-refractivity contribution >= 4 is 11.7 Å². The largest absolute Gasteiger partial charge is 0.310 e. The molecule has 0 aliphatic heterocycles. The summed E-state index contributed by atoms with van der Waals surface area (Å²) in [4.78, 5) is 16.7. The maximum absolute atomic E-state index is 12.3. The van der Waals surface area contributed by atoms with Gasteiger partial charge in [-0.15, -0.1) is 0 Å². The molecule has 1 aromatic carbocycles. The summed E-state index contributed by atoms with van der Waals surface area (Å²) >= 11 is 0. The predicted molar refractivity (Wildman–Crippen MR) is 106 cm³/mol. The lowest BCUT2D eigenvalue weighted by molar-refractivity contribution is -0.115. The lowest BCUT2D eigenvalue weighted by atomic mass is 9.85. The Bertz CT molecular complexity index is 880. The Morgan fingerprint density at radius 3 is 2.59 bits per heavy atom. The molecule has 1 amide bonds. The molecule has 1 aliphatic carbocycles. The van der Waals surface area contributed by atoms with Gasteiger partial charge >= 0.3 is 0 Å². The first-order chi connectivity index (χ1) is 13.3. The van der Waals surface area contributed by atoms with Crippen LogP contribution in [0.3, 0.4) is 0 Å². The Morgan fingerprint density at radius 2 is 1.85 bits per heavy atom. The molecular formula is C22H24N4O. The second-order valence-corrected chi connectivity index (χ2v) is 7.12. The normalized spacial score (nSPS) is 14.8. The molecule has 2 heterocycles. The van der Waals surface area contributed by atoms with Gasteiger partial charge in [-0.05, 0) is 48.6 Å². The average molecular weight is 360 g/mol. The molecular weight excluding hydrogens is 336 g/mol. The number of nitrogens with zero attached hydrogens (tertiary/aromatic N) is 3. The number of nitrogens with one attached hydrogen (secondary N) is 1. The minimum atomic E-state index is -0.105. The van der Waals surface area contributed by atoms with Crippen molar-refractivity contribution in [3.63, 3.8) is 0 Å². The van der Waals surface area contributed by atoms with E-state index < -0.39 is 0 Å². The van der Waals surface area contributed by atoms with Gasteiger partial charge in [-0.3, -0.25) is 4.79 Å². The van der Waals surface area contributed by atoms with Gasteiger partial charge < -0.3 is 5.32 Å². The van der Waals surface area contributed by atoms with Crippen molar-refractivity contribution in [2.45, 2.75) is 44.4 Å². The van der Waals surface area contributed by atoms with Crippen molar-refractivity contribution in [2.75, 3.05) is 5.32 Å². The second-order valence-electron chi connectivity index (χ2n) is 7.12. The molecule has 0 bridgehead atoms. The summed E-state index contributed by atoms with van der Waals surface area (Å²) in [5, 5.41) is 7.34. The van der Waals surface area contributed by atoms with Crippen LogP contribution in [0.5, 0.6) is 0 Å². The number of hydrogen-bond donors (Lipinski definition) is 1. The van der Waals surface area contributed by atoms with E-state index in [1.807, 2.05) is 54.9 Å². The molecule has 5 nitrogen and oxygen atoms in total. The fourth-order valence-corrected chi connectivity index (χ4v) is 3.69. The van der Waals surface area contributed by atoms with Crippen LogP contribution >= 0.6 is 0 Å². The van der Waals surface area contributed by atoms with Crippen LogP contribution in [-0.2, 0) is 11.2 Å². The second kappa shape index (κ2) is 8.16. The van der Waals surface area contributed by atoms with Crippen LogP contribution in [0.1, 0.15) is 49.3 Å². The minimum Gasteiger partial charge on any atom is -0.310 e. The van der Waals surface area contributed by atoms with Crippen molar-refractivity contribution in [3.05, 3.63) is 72.2 Å². The zero-order valence-corrected chi connectivity index (χ0v) is 15.3.